The van der Waals surface area contributed by atoms with Crippen LogP contribution in [-0.2, 0) is 6.54 Å². The van der Waals surface area contributed by atoms with Crippen molar-refractivity contribution in [1.82, 2.24) is 15.2 Å². The fourth-order valence-corrected chi connectivity index (χ4v) is 1.97. The van der Waals surface area contributed by atoms with E-state index in [0.717, 1.165) is 37.4 Å². The molecule has 0 aromatic carbocycles. The average Bonchev–Trinajstić information content (AvgIpc) is 2.59. The fourth-order valence-electron chi connectivity index (χ4n) is 1.97. The van der Waals surface area contributed by atoms with Crippen molar-refractivity contribution in [1.29, 1.82) is 0 Å². The first-order valence-electron chi connectivity index (χ1n) is 5.35. The molecular formula is C10H17N3O2. The summed E-state index contributed by atoms with van der Waals surface area (Å²) >= 11 is 0. The highest BCUT2D eigenvalue weighted by molar-refractivity contribution is 5.04. The number of piperidine rings is 1. The second-order valence-corrected chi connectivity index (χ2v) is 4.36. The van der Waals surface area contributed by atoms with Crippen molar-refractivity contribution in [3.63, 3.8) is 0 Å². The average molecular weight is 211 g/mol. The monoisotopic (exact) mass is 211 g/mol. The van der Waals surface area contributed by atoms with Gasteiger partial charge in [0.05, 0.1) is 6.10 Å². The van der Waals surface area contributed by atoms with E-state index in [1.54, 1.807) is 0 Å². The van der Waals surface area contributed by atoms with Crippen molar-refractivity contribution in [3.05, 3.63) is 11.4 Å². The Morgan fingerprint density at radius 3 is 2.93 bits per heavy atom. The Balaban J connectivity index is 1.94. The lowest BCUT2D eigenvalue weighted by Crippen LogP contribution is -2.41. The molecule has 0 bridgehead atoms. The molecule has 2 rings (SSSR count). The lowest BCUT2D eigenvalue weighted by atomic mass is 9.97. The summed E-state index contributed by atoms with van der Waals surface area (Å²) in [5, 5.41) is 17.2. The van der Waals surface area contributed by atoms with E-state index in [2.05, 4.69) is 26.8 Å². The van der Waals surface area contributed by atoms with Crippen LogP contribution in [0, 0.1) is 12.8 Å². The molecule has 1 fully saturated rings. The van der Waals surface area contributed by atoms with Crippen LogP contribution in [0.4, 0.5) is 0 Å². The van der Waals surface area contributed by atoms with Gasteiger partial charge in [0, 0.05) is 19.6 Å². The summed E-state index contributed by atoms with van der Waals surface area (Å²) < 4.78 is 4.66. The molecule has 15 heavy (non-hydrogen) atoms. The van der Waals surface area contributed by atoms with E-state index >= 15 is 0 Å². The van der Waals surface area contributed by atoms with Crippen LogP contribution in [0.3, 0.4) is 0 Å². The van der Waals surface area contributed by atoms with Crippen LogP contribution >= 0.6 is 0 Å². The van der Waals surface area contributed by atoms with Crippen molar-refractivity contribution in [3.8, 4) is 0 Å². The third-order valence-corrected chi connectivity index (χ3v) is 3.06. The lowest BCUT2D eigenvalue weighted by Gasteiger charge is -2.33. The van der Waals surface area contributed by atoms with Crippen LogP contribution in [0.2, 0.25) is 0 Å². The zero-order valence-corrected chi connectivity index (χ0v) is 9.18. The standard InChI is InChI=1S/C10H17N3O2/c1-7-5-13(4-3-10(7)14)6-9-8(2)11-15-12-9/h7,10,14H,3-6H2,1-2H3. The lowest BCUT2D eigenvalue weighted by molar-refractivity contribution is 0.0311. The Morgan fingerprint density at radius 1 is 1.53 bits per heavy atom. The minimum absolute atomic E-state index is 0.155. The molecule has 0 aliphatic carbocycles. The molecule has 84 valence electrons. The van der Waals surface area contributed by atoms with Crippen molar-refractivity contribution in [2.75, 3.05) is 13.1 Å². The van der Waals surface area contributed by atoms with Gasteiger partial charge in [0.1, 0.15) is 11.4 Å². The van der Waals surface area contributed by atoms with Gasteiger partial charge in [0.2, 0.25) is 0 Å². The van der Waals surface area contributed by atoms with Gasteiger partial charge in [-0.3, -0.25) is 4.90 Å². The number of aliphatic hydroxyl groups is 1. The molecule has 0 radical (unpaired) electrons. The Labute approximate surface area is 89.0 Å². The van der Waals surface area contributed by atoms with E-state index < -0.39 is 0 Å². The third-order valence-electron chi connectivity index (χ3n) is 3.06. The van der Waals surface area contributed by atoms with Gasteiger partial charge < -0.3 is 5.11 Å². The van der Waals surface area contributed by atoms with Crippen molar-refractivity contribution >= 4 is 0 Å². The number of hydrogen-bond donors (Lipinski definition) is 1. The first-order valence-corrected chi connectivity index (χ1v) is 5.35. The minimum Gasteiger partial charge on any atom is -0.393 e. The van der Waals surface area contributed by atoms with E-state index in [0.29, 0.717) is 5.92 Å². The SMILES string of the molecule is Cc1nonc1CN1CCC(O)C(C)C1. The van der Waals surface area contributed by atoms with Gasteiger partial charge >= 0.3 is 0 Å². The molecule has 2 unspecified atom stereocenters. The van der Waals surface area contributed by atoms with Gasteiger partial charge in [-0.1, -0.05) is 17.2 Å². The molecule has 1 saturated heterocycles. The maximum absolute atomic E-state index is 9.60. The number of aryl methyl sites for hydroxylation is 1. The minimum atomic E-state index is -0.155. The Bertz CT molecular complexity index is 326. The largest absolute Gasteiger partial charge is 0.393 e. The van der Waals surface area contributed by atoms with E-state index in [-0.39, 0.29) is 6.10 Å². The maximum Gasteiger partial charge on any atom is 0.122 e. The van der Waals surface area contributed by atoms with Crippen LogP contribution in [0.25, 0.3) is 0 Å². The van der Waals surface area contributed by atoms with Crippen molar-refractivity contribution < 1.29 is 9.74 Å². The number of aromatic nitrogens is 2. The highest BCUT2D eigenvalue weighted by Gasteiger charge is 2.25. The fraction of sp³-hybridized carbons (Fsp3) is 0.800. The maximum atomic E-state index is 9.60. The number of rotatable bonds is 2. The van der Waals surface area contributed by atoms with Gasteiger partial charge in [0.25, 0.3) is 0 Å². The second-order valence-electron chi connectivity index (χ2n) is 4.36. The molecule has 0 saturated carbocycles. The van der Waals surface area contributed by atoms with Gasteiger partial charge in [-0.25, -0.2) is 4.63 Å². The number of hydrogen-bond acceptors (Lipinski definition) is 5. The molecule has 0 spiro atoms. The first kappa shape index (κ1) is 10.6. The van der Waals surface area contributed by atoms with Crippen LogP contribution in [0.1, 0.15) is 24.7 Å². The van der Waals surface area contributed by atoms with Crippen LogP contribution < -0.4 is 0 Å². The number of nitrogens with zero attached hydrogens (tertiary/aromatic N) is 3. The highest BCUT2D eigenvalue weighted by Crippen LogP contribution is 2.18. The summed E-state index contributed by atoms with van der Waals surface area (Å²) in [5.41, 5.74) is 1.76. The molecule has 2 atom stereocenters. The molecule has 1 aliphatic rings. The molecule has 1 aromatic heterocycles. The molecule has 2 heterocycles. The third kappa shape index (κ3) is 2.35. The highest BCUT2D eigenvalue weighted by atomic mass is 16.6. The number of likely N-dealkylation sites (tertiary alicyclic amines) is 1. The van der Waals surface area contributed by atoms with E-state index in [1.165, 1.54) is 0 Å². The van der Waals surface area contributed by atoms with Gasteiger partial charge in [-0.05, 0) is 19.3 Å². The first-order chi connectivity index (χ1) is 7.16. The summed E-state index contributed by atoms with van der Waals surface area (Å²) in [6, 6.07) is 0. The Hall–Kier alpha value is -0.940. The van der Waals surface area contributed by atoms with Gasteiger partial charge in [-0.15, -0.1) is 0 Å². The summed E-state index contributed by atoms with van der Waals surface area (Å²) in [6.07, 6.45) is 0.684. The molecule has 5 nitrogen and oxygen atoms in total. The van der Waals surface area contributed by atoms with Crippen LogP contribution in [0.5, 0.6) is 0 Å². The van der Waals surface area contributed by atoms with Crippen molar-refractivity contribution in [2.24, 2.45) is 5.92 Å². The summed E-state index contributed by atoms with van der Waals surface area (Å²) in [7, 11) is 0. The number of aliphatic hydroxyl groups excluding tert-OH is 1. The molecule has 0 amide bonds. The Morgan fingerprint density at radius 2 is 2.33 bits per heavy atom. The summed E-state index contributed by atoms with van der Waals surface area (Å²) in [4.78, 5) is 2.28. The van der Waals surface area contributed by atoms with E-state index in [1.807, 2.05) is 6.92 Å². The normalized spacial score (nSPS) is 28.2. The topological polar surface area (TPSA) is 62.4 Å². The molecule has 1 N–H and O–H groups in total. The van der Waals surface area contributed by atoms with E-state index in [4.69, 9.17) is 0 Å². The molecular weight excluding hydrogens is 194 g/mol. The zero-order valence-electron chi connectivity index (χ0n) is 9.18. The second kappa shape index (κ2) is 4.28. The smallest absolute Gasteiger partial charge is 0.122 e. The van der Waals surface area contributed by atoms with Crippen LogP contribution in [0.15, 0.2) is 4.63 Å². The predicted octanol–water partition coefficient (Wildman–Crippen LogP) is 0.581. The summed E-state index contributed by atoms with van der Waals surface area (Å²) in [5.74, 6) is 0.332. The molecule has 5 heteroatoms. The molecule has 1 aliphatic heterocycles. The van der Waals surface area contributed by atoms with Crippen molar-refractivity contribution in [2.45, 2.75) is 32.9 Å². The zero-order chi connectivity index (χ0) is 10.8. The summed E-state index contributed by atoms with van der Waals surface area (Å²) in [6.45, 7) is 6.57. The Kier molecular flexibility index (Phi) is 3.02. The van der Waals surface area contributed by atoms with E-state index in [9.17, 15) is 5.11 Å². The van der Waals surface area contributed by atoms with Crippen LogP contribution in [-0.4, -0.2) is 39.5 Å². The van der Waals surface area contributed by atoms with Gasteiger partial charge in [0.15, 0.2) is 0 Å². The quantitative estimate of drug-likeness (QED) is 0.775. The molecule has 1 aromatic rings. The predicted molar refractivity (Wildman–Crippen MR) is 54.1 cm³/mol. The van der Waals surface area contributed by atoms with Gasteiger partial charge in [-0.2, -0.15) is 0 Å².